The Hall–Kier alpha value is -1.66. The fraction of sp³-hybridized carbons (Fsp3) is 0.500. The minimum absolute atomic E-state index is 0.0758. The molecule has 1 amide bonds. The second-order valence-corrected chi connectivity index (χ2v) is 5.54. The van der Waals surface area contributed by atoms with Gasteiger partial charge in [0.1, 0.15) is 0 Å². The molecule has 1 fully saturated rings. The van der Waals surface area contributed by atoms with E-state index in [1.165, 1.54) is 12.1 Å². The number of halogens is 1. The van der Waals surface area contributed by atoms with Crippen LogP contribution in [0.4, 0.5) is 5.69 Å². The van der Waals surface area contributed by atoms with Crippen molar-refractivity contribution in [1.29, 1.82) is 0 Å². The molecule has 6 nitrogen and oxygen atoms in total. The van der Waals surface area contributed by atoms with Gasteiger partial charge in [-0.3, -0.25) is 14.9 Å². The maximum atomic E-state index is 12.6. The first-order valence-corrected chi connectivity index (χ1v) is 7.20. The van der Waals surface area contributed by atoms with Crippen LogP contribution in [0.2, 0.25) is 0 Å². The van der Waals surface area contributed by atoms with Gasteiger partial charge in [-0.25, -0.2) is 0 Å². The minimum Gasteiger partial charge on any atom is -0.373 e. The van der Waals surface area contributed by atoms with Crippen LogP contribution in [-0.2, 0) is 4.74 Å². The van der Waals surface area contributed by atoms with Gasteiger partial charge in [0, 0.05) is 24.2 Å². The molecule has 0 radical (unpaired) electrons. The maximum Gasteiger partial charge on any atom is 0.270 e. The first-order chi connectivity index (χ1) is 9.92. The lowest BCUT2D eigenvalue weighted by molar-refractivity contribution is -0.384. The number of hydrogen-bond acceptors (Lipinski definition) is 4. The average Bonchev–Trinajstić information content (AvgIpc) is 2.46. The number of carbonyl (C=O) groups is 1. The van der Waals surface area contributed by atoms with Crippen molar-refractivity contribution in [3.05, 3.63) is 39.4 Å². The highest BCUT2D eigenvalue weighted by molar-refractivity contribution is 6.18. The normalized spacial score (nSPS) is 22.1. The standard InChI is InChI=1S/C14H17ClN2O4/c1-9-3-11(5-12(4-9)17(19)20)14(18)16-7-13(6-15)21-8-10(16)2/h3-5,10,13H,6-8H2,1-2H3. The van der Waals surface area contributed by atoms with Crippen molar-refractivity contribution in [1.82, 2.24) is 4.90 Å². The number of amides is 1. The summed E-state index contributed by atoms with van der Waals surface area (Å²) in [7, 11) is 0. The topological polar surface area (TPSA) is 72.7 Å². The van der Waals surface area contributed by atoms with Crippen LogP contribution in [0, 0.1) is 17.0 Å². The number of non-ortho nitro benzene ring substituents is 1. The summed E-state index contributed by atoms with van der Waals surface area (Å²) < 4.78 is 5.51. The number of nitro groups is 1. The molecule has 0 N–H and O–H groups in total. The van der Waals surface area contributed by atoms with Crippen LogP contribution in [0.5, 0.6) is 0 Å². The summed E-state index contributed by atoms with van der Waals surface area (Å²) in [5.41, 5.74) is 0.930. The Labute approximate surface area is 127 Å². The lowest BCUT2D eigenvalue weighted by Crippen LogP contribution is -2.51. The van der Waals surface area contributed by atoms with Crippen molar-refractivity contribution in [3.63, 3.8) is 0 Å². The van der Waals surface area contributed by atoms with Crippen LogP contribution in [0.3, 0.4) is 0 Å². The van der Waals surface area contributed by atoms with Gasteiger partial charge in [-0.05, 0) is 25.5 Å². The van der Waals surface area contributed by atoms with Gasteiger partial charge in [0.15, 0.2) is 0 Å². The second-order valence-electron chi connectivity index (χ2n) is 5.23. The molecule has 114 valence electrons. The number of nitrogens with zero attached hydrogens (tertiary/aromatic N) is 2. The van der Waals surface area contributed by atoms with E-state index in [1.54, 1.807) is 17.9 Å². The number of rotatable bonds is 3. The molecule has 2 atom stereocenters. The average molecular weight is 313 g/mol. The maximum absolute atomic E-state index is 12.6. The van der Waals surface area contributed by atoms with Crippen LogP contribution in [-0.4, -0.2) is 46.9 Å². The van der Waals surface area contributed by atoms with E-state index < -0.39 is 4.92 Å². The second kappa shape index (κ2) is 6.41. The van der Waals surface area contributed by atoms with Gasteiger partial charge in [-0.15, -0.1) is 11.6 Å². The third kappa shape index (κ3) is 3.51. The summed E-state index contributed by atoms with van der Waals surface area (Å²) in [5, 5.41) is 10.9. The molecule has 21 heavy (non-hydrogen) atoms. The van der Waals surface area contributed by atoms with E-state index >= 15 is 0 Å². The molecule has 2 rings (SSSR count). The summed E-state index contributed by atoms with van der Waals surface area (Å²) in [5.74, 6) is 0.0810. The number of carbonyl (C=O) groups excluding carboxylic acids is 1. The van der Waals surface area contributed by atoms with Gasteiger partial charge in [0.25, 0.3) is 11.6 Å². The SMILES string of the molecule is Cc1cc(C(=O)N2CC(CCl)OCC2C)cc([N+](=O)[O-])c1. The molecule has 0 aliphatic carbocycles. The molecule has 1 aliphatic rings. The summed E-state index contributed by atoms with van der Waals surface area (Å²) in [4.78, 5) is 24.7. The van der Waals surface area contributed by atoms with Crippen molar-refractivity contribution in [3.8, 4) is 0 Å². The van der Waals surface area contributed by atoms with Gasteiger partial charge < -0.3 is 9.64 Å². The van der Waals surface area contributed by atoms with Crippen molar-refractivity contribution in [2.75, 3.05) is 19.0 Å². The Bertz CT molecular complexity index is 564. The van der Waals surface area contributed by atoms with Crippen molar-refractivity contribution in [2.45, 2.75) is 26.0 Å². The van der Waals surface area contributed by atoms with E-state index in [4.69, 9.17) is 16.3 Å². The zero-order valence-electron chi connectivity index (χ0n) is 11.9. The first-order valence-electron chi connectivity index (χ1n) is 6.67. The summed E-state index contributed by atoms with van der Waals surface area (Å²) in [6, 6.07) is 4.33. The molecular weight excluding hydrogens is 296 g/mol. The summed E-state index contributed by atoms with van der Waals surface area (Å²) in [6.07, 6.45) is -0.202. The van der Waals surface area contributed by atoms with Gasteiger partial charge in [-0.2, -0.15) is 0 Å². The largest absolute Gasteiger partial charge is 0.373 e. The Morgan fingerprint density at radius 1 is 1.52 bits per heavy atom. The highest BCUT2D eigenvalue weighted by Gasteiger charge is 2.30. The third-order valence-electron chi connectivity index (χ3n) is 3.46. The number of benzene rings is 1. The molecular formula is C14H17ClN2O4. The number of hydrogen-bond donors (Lipinski definition) is 0. The van der Waals surface area contributed by atoms with E-state index in [1.807, 2.05) is 6.92 Å². The molecule has 1 heterocycles. The number of alkyl halides is 1. The highest BCUT2D eigenvalue weighted by Crippen LogP contribution is 2.21. The van der Waals surface area contributed by atoms with Crippen LogP contribution in [0.25, 0.3) is 0 Å². The lowest BCUT2D eigenvalue weighted by atomic mass is 10.1. The molecule has 0 bridgehead atoms. The molecule has 1 aliphatic heterocycles. The van der Waals surface area contributed by atoms with Crippen molar-refractivity contribution in [2.24, 2.45) is 0 Å². The smallest absolute Gasteiger partial charge is 0.270 e. The van der Waals surface area contributed by atoms with E-state index in [9.17, 15) is 14.9 Å². The fourth-order valence-electron chi connectivity index (χ4n) is 2.35. The predicted molar refractivity (Wildman–Crippen MR) is 78.8 cm³/mol. The van der Waals surface area contributed by atoms with E-state index in [0.717, 1.165) is 0 Å². The monoisotopic (exact) mass is 312 g/mol. The van der Waals surface area contributed by atoms with E-state index in [-0.39, 0.29) is 23.7 Å². The third-order valence-corrected chi connectivity index (χ3v) is 3.80. The van der Waals surface area contributed by atoms with Crippen LogP contribution in [0.1, 0.15) is 22.8 Å². The molecule has 0 saturated carbocycles. The molecule has 1 aromatic carbocycles. The van der Waals surface area contributed by atoms with E-state index in [2.05, 4.69) is 0 Å². The predicted octanol–water partition coefficient (Wildman–Crippen LogP) is 2.37. The lowest BCUT2D eigenvalue weighted by Gasteiger charge is -2.37. The number of ether oxygens (including phenoxy) is 1. The fourth-order valence-corrected chi connectivity index (χ4v) is 2.54. The summed E-state index contributed by atoms with van der Waals surface area (Å²) in [6.45, 7) is 4.42. The summed E-state index contributed by atoms with van der Waals surface area (Å²) >= 11 is 5.78. The number of nitro benzene ring substituents is 1. The van der Waals surface area contributed by atoms with Gasteiger partial charge in [0.2, 0.25) is 0 Å². The van der Waals surface area contributed by atoms with Gasteiger partial charge in [0.05, 0.1) is 29.6 Å². The molecule has 0 spiro atoms. The van der Waals surface area contributed by atoms with Crippen LogP contribution in [0.15, 0.2) is 18.2 Å². The first kappa shape index (κ1) is 15.7. The van der Waals surface area contributed by atoms with Crippen molar-refractivity contribution < 1.29 is 14.5 Å². The molecule has 0 aromatic heterocycles. The zero-order valence-corrected chi connectivity index (χ0v) is 12.7. The zero-order chi connectivity index (χ0) is 15.6. The molecule has 7 heteroatoms. The highest BCUT2D eigenvalue weighted by atomic mass is 35.5. The Morgan fingerprint density at radius 3 is 2.86 bits per heavy atom. The van der Waals surface area contributed by atoms with Crippen molar-refractivity contribution >= 4 is 23.2 Å². The molecule has 1 saturated heterocycles. The number of morpholine rings is 1. The van der Waals surface area contributed by atoms with Gasteiger partial charge >= 0.3 is 0 Å². The van der Waals surface area contributed by atoms with Crippen LogP contribution < -0.4 is 0 Å². The van der Waals surface area contributed by atoms with Gasteiger partial charge in [-0.1, -0.05) is 0 Å². The van der Waals surface area contributed by atoms with E-state index in [0.29, 0.717) is 30.2 Å². The molecule has 1 aromatic rings. The number of aryl methyl sites for hydroxylation is 1. The quantitative estimate of drug-likeness (QED) is 0.488. The Balaban J connectivity index is 2.28. The Kier molecular flexibility index (Phi) is 4.80. The van der Waals surface area contributed by atoms with Crippen LogP contribution >= 0.6 is 11.6 Å². The Morgan fingerprint density at radius 2 is 2.24 bits per heavy atom. The molecule has 2 unspecified atom stereocenters. The minimum atomic E-state index is -0.492.